The first-order chi connectivity index (χ1) is 11.2. The number of aromatic nitrogens is 3. The molecule has 23 heavy (non-hydrogen) atoms. The van der Waals surface area contributed by atoms with Gasteiger partial charge >= 0.3 is 5.97 Å². The number of methoxy groups -OCH3 is 1. The van der Waals surface area contributed by atoms with Gasteiger partial charge in [-0.1, -0.05) is 0 Å². The van der Waals surface area contributed by atoms with E-state index in [0.717, 1.165) is 0 Å². The summed E-state index contributed by atoms with van der Waals surface area (Å²) in [5.74, 6) is -0.515. The van der Waals surface area contributed by atoms with Crippen LogP contribution in [0, 0.1) is 11.3 Å². The molecule has 0 aliphatic carbocycles. The third kappa shape index (κ3) is 1.94. The zero-order valence-corrected chi connectivity index (χ0v) is 12.6. The third-order valence-corrected chi connectivity index (χ3v) is 4.76. The van der Waals surface area contributed by atoms with Crippen LogP contribution in [0.3, 0.4) is 0 Å². The van der Waals surface area contributed by atoms with E-state index in [1.54, 1.807) is 27.9 Å². The summed E-state index contributed by atoms with van der Waals surface area (Å²) >= 11 is 0. The van der Waals surface area contributed by atoms with E-state index in [0.29, 0.717) is 37.5 Å². The summed E-state index contributed by atoms with van der Waals surface area (Å²) in [6.45, 7) is 1.53. The van der Waals surface area contributed by atoms with E-state index in [1.807, 2.05) is 0 Å². The van der Waals surface area contributed by atoms with Gasteiger partial charge in [0.15, 0.2) is 5.65 Å². The zero-order valence-electron chi connectivity index (χ0n) is 12.6. The fourth-order valence-corrected chi connectivity index (χ4v) is 3.53. The Hall–Kier alpha value is -2.48. The smallest absolute Gasteiger partial charge is 0.316 e. The highest BCUT2D eigenvalue weighted by Crippen LogP contribution is 2.42. The van der Waals surface area contributed by atoms with Crippen LogP contribution in [0.2, 0.25) is 0 Å². The third-order valence-electron chi connectivity index (χ3n) is 4.76. The Morgan fingerprint density at radius 2 is 2.35 bits per heavy atom. The summed E-state index contributed by atoms with van der Waals surface area (Å²) in [5.41, 5.74) is 0.199. The van der Waals surface area contributed by atoms with Crippen LogP contribution in [0.15, 0.2) is 24.7 Å². The van der Waals surface area contributed by atoms with E-state index < -0.39 is 5.41 Å². The molecular formula is C15H16N4O4. The van der Waals surface area contributed by atoms with Crippen LogP contribution in [0.5, 0.6) is 0 Å². The van der Waals surface area contributed by atoms with Gasteiger partial charge in [0, 0.05) is 31.4 Å². The number of likely N-dealkylation sites (tertiary alicyclic amines) is 1. The Kier molecular flexibility index (Phi) is 3.08. The molecular weight excluding hydrogens is 300 g/mol. The van der Waals surface area contributed by atoms with Crippen molar-refractivity contribution in [3.05, 3.63) is 30.2 Å². The molecule has 0 saturated carbocycles. The average Bonchev–Trinajstić information content (AvgIpc) is 3.25. The van der Waals surface area contributed by atoms with Gasteiger partial charge in [-0.05, 0) is 6.07 Å². The fraction of sp³-hybridized carbons (Fsp3) is 0.467. The summed E-state index contributed by atoms with van der Waals surface area (Å²) in [5, 5.41) is 4.14. The lowest BCUT2D eigenvalue weighted by Gasteiger charge is -2.23. The van der Waals surface area contributed by atoms with Crippen molar-refractivity contribution in [1.29, 1.82) is 0 Å². The quantitative estimate of drug-likeness (QED) is 0.725. The number of carbonyl (C=O) groups excluding carboxylic acids is 2. The van der Waals surface area contributed by atoms with Crippen LogP contribution in [-0.4, -0.2) is 64.8 Å². The van der Waals surface area contributed by atoms with E-state index in [2.05, 4.69) is 10.1 Å². The second-order valence-electron chi connectivity index (χ2n) is 5.99. The lowest BCUT2D eigenvalue weighted by atomic mass is 9.81. The van der Waals surface area contributed by atoms with E-state index >= 15 is 0 Å². The second-order valence-corrected chi connectivity index (χ2v) is 5.99. The number of esters is 1. The molecule has 8 heteroatoms. The summed E-state index contributed by atoms with van der Waals surface area (Å²) in [7, 11) is 1.37. The van der Waals surface area contributed by atoms with Crippen molar-refractivity contribution in [2.24, 2.45) is 11.3 Å². The Morgan fingerprint density at radius 3 is 3.17 bits per heavy atom. The zero-order chi connectivity index (χ0) is 16.0. The maximum Gasteiger partial charge on any atom is 0.316 e. The van der Waals surface area contributed by atoms with Crippen molar-refractivity contribution in [2.45, 2.75) is 0 Å². The van der Waals surface area contributed by atoms with Gasteiger partial charge in [0.2, 0.25) is 0 Å². The number of nitrogens with zero attached hydrogens (tertiary/aromatic N) is 4. The monoisotopic (exact) mass is 316 g/mol. The number of hydrogen-bond donors (Lipinski definition) is 0. The molecule has 2 aromatic rings. The normalized spacial score (nSPS) is 26.5. The van der Waals surface area contributed by atoms with Crippen LogP contribution in [0.1, 0.15) is 10.4 Å². The highest BCUT2D eigenvalue weighted by atomic mass is 16.5. The van der Waals surface area contributed by atoms with E-state index in [9.17, 15) is 9.59 Å². The summed E-state index contributed by atoms with van der Waals surface area (Å²) in [6.07, 6.45) is 4.87. The van der Waals surface area contributed by atoms with Crippen molar-refractivity contribution in [2.75, 3.05) is 33.4 Å². The molecule has 0 spiro atoms. The molecule has 0 aromatic carbocycles. The fourth-order valence-electron chi connectivity index (χ4n) is 3.53. The molecule has 0 unspecified atom stereocenters. The standard InChI is InChI=1S/C15H16N4O4/c1-22-14(21)15-8-18(6-10(15)7-23-9-15)13(20)11-5-17-19-4-2-3-16-12(11)19/h2-5,10H,6-9H2,1H3/t10-,15-/m0/s1. The Balaban J connectivity index is 1.65. The minimum Gasteiger partial charge on any atom is -0.468 e. The molecule has 0 N–H and O–H groups in total. The molecule has 120 valence electrons. The van der Waals surface area contributed by atoms with E-state index in [-0.39, 0.29) is 17.8 Å². The molecule has 0 radical (unpaired) electrons. The number of hydrogen-bond acceptors (Lipinski definition) is 6. The molecule has 2 saturated heterocycles. The molecule has 2 fully saturated rings. The molecule has 8 nitrogen and oxygen atoms in total. The van der Waals surface area contributed by atoms with Gasteiger partial charge in [0.25, 0.3) is 5.91 Å². The van der Waals surface area contributed by atoms with Gasteiger partial charge in [0.1, 0.15) is 11.0 Å². The Labute approximate surface area is 132 Å². The molecule has 2 aliphatic heterocycles. The predicted octanol–water partition coefficient (Wildman–Crippen LogP) is -0.00910. The van der Waals surface area contributed by atoms with Gasteiger partial charge in [0.05, 0.1) is 26.5 Å². The molecule has 1 amide bonds. The number of ether oxygens (including phenoxy) is 2. The maximum absolute atomic E-state index is 12.8. The molecule has 4 heterocycles. The average molecular weight is 316 g/mol. The van der Waals surface area contributed by atoms with Crippen molar-refractivity contribution in [3.8, 4) is 0 Å². The van der Waals surface area contributed by atoms with Crippen LogP contribution >= 0.6 is 0 Å². The van der Waals surface area contributed by atoms with Crippen LogP contribution < -0.4 is 0 Å². The molecule has 0 bridgehead atoms. The Bertz CT molecular complexity index is 789. The van der Waals surface area contributed by atoms with Gasteiger partial charge < -0.3 is 14.4 Å². The summed E-state index contributed by atoms with van der Waals surface area (Å²) in [6, 6.07) is 1.75. The highest BCUT2D eigenvalue weighted by Gasteiger charge is 2.57. The number of carbonyl (C=O) groups is 2. The largest absolute Gasteiger partial charge is 0.468 e. The van der Waals surface area contributed by atoms with Crippen LogP contribution in [-0.2, 0) is 14.3 Å². The predicted molar refractivity (Wildman–Crippen MR) is 77.6 cm³/mol. The first-order valence-corrected chi connectivity index (χ1v) is 7.39. The number of rotatable bonds is 2. The molecule has 2 aliphatic rings. The molecule has 4 rings (SSSR count). The van der Waals surface area contributed by atoms with Crippen molar-refractivity contribution >= 4 is 17.5 Å². The van der Waals surface area contributed by atoms with Crippen LogP contribution in [0.4, 0.5) is 0 Å². The lowest BCUT2D eigenvalue weighted by molar-refractivity contribution is -0.153. The maximum atomic E-state index is 12.8. The summed E-state index contributed by atoms with van der Waals surface area (Å²) < 4.78 is 12.0. The van der Waals surface area contributed by atoms with E-state index in [1.165, 1.54) is 13.3 Å². The molecule has 2 aromatic heterocycles. The van der Waals surface area contributed by atoms with Gasteiger partial charge in [-0.25, -0.2) is 9.50 Å². The molecule has 2 atom stereocenters. The number of fused-ring (bicyclic) bond motifs is 2. The summed E-state index contributed by atoms with van der Waals surface area (Å²) in [4.78, 5) is 30.9. The minimum absolute atomic E-state index is 0.0336. The van der Waals surface area contributed by atoms with Crippen LogP contribution in [0.25, 0.3) is 5.65 Å². The van der Waals surface area contributed by atoms with Gasteiger partial charge in [-0.3, -0.25) is 9.59 Å². The number of amides is 1. The van der Waals surface area contributed by atoms with Gasteiger partial charge in [-0.15, -0.1) is 0 Å². The lowest BCUT2D eigenvalue weighted by Crippen LogP contribution is -2.41. The first-order valence-electron chi connectivity index (χ1n) is 7.39. The Morgan fingerprint density at radius 1 is 1.48 bits per heavy atom. The first kappa shape index (κ1) is 14.1. The van der Waals surface area contributed by atoms with Crippen molar-refractivity contribution in [1.82, 2.24) is 19.5 Å². The second kappa shape index (κ2) is 5.02. The minimum atomic E-state index is -0.749. The van der Waals surface area contributed by atoms with Crippen molar-refractivity contribution in [3.63, 3.8) is 0 Å². The van der Waals surface area contributed by atoms with Crippen molar-refractivity contribution < 1.29 is 19.1 Å². The topological polar surface area (TPSA) is 86.0 Å². The highest BCUT2D eigenvalue weighted by molar-refractivity contribution is 6.00. The van der Waals surface area contributed by atoms with E-state index in [4.69, 9.17) is 9.47 Å². The SMILES string of the molecule is COC(=O)[C@@]12COC[C@@H]1CN(C(=O)c1cnn3cccnc13)C2. The van der Waals surface area contributed by atoms with Gasteiger partial charge in [-0.2, -0.15) is 5.10 Å².